The molecule has 2 aromatic heterocycles. The first kappa shape index (κ1) is 39.8. The summed E-state index contributed by atoms with van der Waals surface area (Å²) in [4.78, 5) is 30.3. The molecule has 6 nitrogen and oxygen atoms in total. The molecule has 11 rings (SSSR count). The Morgan fingerprint density at radius 3 is 0.652 bits per heavy atom. The molecule has 6 heteroatoms. The van der Waals surface area contributed by atoms with Gasteiger partial charge in [0, 0.05) is 33.4 Å². The molecule has 0 aliphatic heterocycles. The van der Waals surface area contributed by atoms with Crippen molar-refractivity contribution in [2.24, 2.45) is 0 Å². The zero-order chi connectivity index (χ0) is 44.1. The van der Waals surface area contributed by atoms with Crippen molar-refractivity contribution in [1.82, 2.24) is 29.9 Å². The van der Waals surface area contributed by atoms with E-state index in [2.05, 4.69) is 140 Å². The molecule has 0 spiro atoms. The van der Waals surface area contributed by atoms with Gasteiger partial charge in [-0.2, -0.15) is 0 Å². The Kier molecular flexibility index (Phi) is 10.9. The molecule has 0 bridgehead atoms. The lowest BCUT2D eigenvalue weighted by atomic mass is 9.95. The summed E-state index contributed by atoms with van der Waals surface area (Å²) < 4.78 is 0. The van der Waals surface area contributed by atoms with Crippen molar-refractivity contribution >= 4 is 0 Å². The summed E-state index contributed by atoms with van der Waals surface area (Å²) in [7, 11) is 0. The van der Waals surface area contributed by atoms with Gasteiger partial charge in [-0.25, -0.2) is 29.9 Å². The van der Waals surface area contributed by atoms with Gasteiger partial charge in [0.05, 0.1) is 0 Å². The van der Waals surface area contributed by atoms with Crippen LogP contribution in [-0.2, 0) is 0 Å². The fourth-order valence-electron chi connectivity index (χ4n) is 8.19. The molecule has 0 saturated heterocycles. The molecule has 0 unspecified atom stereocenters. The highest BCUT2D eigenvalue weighted by molar-refractivity contribution is 5.82. The zero-order valence-electron chi connectivity index (χ0n) is 35.8. The maximum Gasteiger partial charge on any atom is 0.164 e. The van der Waals surface area contributed by atoms with Crippen molar-refractivity contribution in [2.75, 3.05) is 0 Å². The predicted octanol–water partition coefficient (Wildman–Crippen LogP) is 14.7. The third kappa shape index (κ3) is 8.54. The topological polar surface area (TPSA) is 77.3 Å². The number of hydrogen-bond acceptors (Lipinski definition) is 6. The van der Waals surface area contributed by atoms with Crippen LogP contribution in [0, 0.1) is 0 Å². The number of nitrogens with zero attached hydrogens (tertiary/aromatic N) is 6. The first-order valence-electron chi connectivity index (χ1n) is 21.9. The highest BCUT2D eigenvalue weighted by atomic mass is 15.0. The van der Waals surface area contributed by atoms with Gasteiger partial charge in [0.2, 0.25) is 0 Å². The Balaban J connectivity index is 0.972. The summed E-state index contributed by atoms with van der Waals surface area (Å²) >= 11 is 0. The minimum absolute atomic E-state index is 0.595. The van der Waals surface area contributed by atoms with Crippen molar-refractivity contribution in [3.05, 3.63) is 243 Å². The van der Waals surface area contributed by atoms with Crippen LogP contribution in [0.2, 0.25) is 0 Å². The van der Waals surface area contributed by atoms with Gasteiger partial charge in [-0.3, -0.25) is 0 Å². The second-order valence-corrected chi connectivity index (χ2v) is 16.0. The second kappa shape index (κ2) is 18.0. The van der Waals surface area contributed by atoms with Crippen LogP contribution in [0.1, 0.15) is 0 Å². The quantitative estimate of drug-likeness (QED) is 0.136. The first-order chi connectivity index (χ1) is 32.7. The lowest BCUT2D eigenvalue weighted by Crippen LogP contribution is -2.00. The first-order valence-corrected chi connectivity index (χ1v) is 21.9. The van der Waals surface area contributed by atoms with Gasteiger partial charge < -0.3 is 0 Å². The van der Waals surface area contributed by atoms with Crippen molar-refractivity contribution < 1.29 is 0 Å². The molecule has 0 saturated carbocycles. The van der Waals surface area contributed by atoms with Crippen molar-refractivity contribution in [1.29, 1.82) is 0 Å². The SMILES string of the molecule is c1ccc(-c2cc(-c3ccccc3)cc(-c3nc(-c4ccccc4)nc(-c4cccc(-c5cccc(-c6cccc(-c7nc(-c8ccccc8)nc(-c8ccccc8)n7)c6)c5)c4)n3)c2)cc1. The highest BCUT2D eigenvalue weighted by Gasteiger charge is 2.17. The van der Waals surface area contributed by atoms with E-state index < -0.39 is 0 Å². The summed E-state index contributed by atoms with van der Waals surface area (Å²) in [5.74, 6) is 3.68. The average Bonchev–Trinajstić information content (AvgIpc) is 3.42. The Labute approximate surface area is 383 Å². The predicted molar refractivity (Wildman–Crippen MR) is 268 cm³/mol. The van der Waals surface area contributed by atoms with E-state index in [1.807, 2.05) is 103 Å². The normalized spacial score (nSPS) is 11.0. The van der Waals surface area contributed by atoms with Crippen LogP contribution in [0.4, 0.5) is 0 Å². The van der Waals surface area contributed by atoms with E-state index in [1.165, 1.54) is 0 Å². The molecule has 0 atom stereocenters. The fraction of sp³-hybridized carbons (Fsp3) is 0. The Morgan fingerprint density at radius 2 is 0.333 bits per heavy atom. The zero-order valence-corrected chi connectivity index (χ0v) is 35.8. The van der Waals surface area contributed by atoms with Gasteiger partial charge in [-0.1, -0.05) is 206 Å². The molecular formula is C60H40N6. The van der Waals surface area contributed by atoms with Crippen LogP contribution in [0.5, 0.6) is 0 Å². The van der Waals surface area contributed by atoms with Gasteiger partial charge in [-0.05, 0) is 80.9 Å². The van der Waals surface area contributed by atoms with Gasteiger partial charge in [-0.15, -0.1) is 0 Å². The molecule has 0 aliphatic carbocycles. The van der Waals surface area contributed by atoms with Gasteiger partial charge in [0.1, 0.15) is 0 Å². The monoisotopic (exact) mass is 844 g/mol. The van der Waals surface area contributed by atoms with Crippen LogP contribution in [0.25, 0.3) is 113 Å². The smallest absolute Gasteiger partial charge is 0.164 e. The van der Waals surface area contributed by atoms with E-state index >= 15 is 0 Å². The van der Waals surface area contributed by atoms with E-state index in [0.717, 1.165) is 77.9 Å². The lowest BCUT2D eigenvalue weighted by Gasteiger charge is -2.13. The van der Waals surface area contributed by atoms with Gasteiger partial charge in [0.15, 0.2) is 34.9 Å². The molecule has 310 valence electrons. The molecule has 0 fully saturated rings. The van der Waals surface area contributed by atoms with E-state index in [1.54, 1.807) is 0 Å². The van der Waals surface area contributed by atoms with E-state index in [4.69, 9.17) is 29.9 Å². The molecule has 0 radical (unpaired) electrons. The van der Waals surface area contributed by atoms with Crippen molar-refractivity contribution in [2.45, 2.75) is 0 Å². The largest absolute Gasteiger partial charge is 0.208 e. The summed E-state index contributed by atoms with van der Waals surface area (Å²) in [5.41, 5.74) is 14.1. The van der Waals surface area contributed by atoms with E-state index in [-0.39, 0.29) is 0 Å². The molecule has 2 heterocycles. The van der Waals surface area contributed by atoms with Crippen molar-refractivity contribution in [3.8, 4) is 113 Å². The van der Waals surface area contributed by atoms with Gasteiger partial charge >= 0.3 is 0 Å². The van der Waals surface area contributed by atoms with Crippen LogP contribution < -0.4 is 0 Å². The lowest BCUT2D eigenvalue weighted by molar-refractivity contribution is 1.07. The molecule has 9 aromatic carbocycles. The molecule has 0 amide bonds. The highest BCUT2D eigenvalue weighted by Crippen LogP contribution is 2.35. The number of benzene rings is 9. The van der Waals surface area contributed by atoms with E-state index in [0.29, 0.717) is 34.9 Å². The molecule has 66 heavy (non-hydrogen) atoms. The third-order valence-corrected chi connectivity index (χ3v) is 11.5. The van der Waals surface area contributed by atoms with Crippen LogP contribution >= 0.6 is 0 Å². The summed E-state index contributed by atoms with van der Waals surface area (Å²) in [6.07, 6.45) is 0. The molecule has 0 aliphatic rings. The van der Waals surface area contributed by atoms with Crippen LogP contribution in [0.3, 0.4) is 0 Å². The Morgan fingerprint density at radius 1 is 0.136 bits per heavy atom. The number of rotatable bonds is 10. The van der Waals surface area contributed by atoms with Gasteiger partial charge in [0.25, 0.3) is 0 Å². The van der Waals surface area contributed by atoms with Crippen molar-refractivity contribution in [3.63, 3.8) is 0 Å². The average molecular weight is 845 g/mol. The van der Waals surface area contributed by atoms with Crippen LogP contribution in [0.15, 0.2) is 243 Å². The minimum atomic E-state index is 0.595. The van der Waals surface area contributed by atoms with E-state index in [9.17, 15) is 0 Å². The molecular weight excluding hydrogens is 805 g/mol. The number of aromatic nitrogens is 6. The second-order valence-electron chi connectivity index (χ2n) is 16.0. The third-order valence-electron chi connectivity index (χ3n) is 11.5. The van der Waals surface area contributed by atoms with Crippen LogP contribution in [-0.4, -0.2) is 29.9 Å². The maximum atomic E-state index is 5.22. The fourth-order valence-corrected chi connectivity index (χ4v) is 8.19. The summed E-state index contributed by atoms with van der Waals surface area (Å²) in [6, 6.07) is 83.2. The number of hydrogen-bond donors (Lipinski definition) is 0. The Bertz CT molecular complexity index is 3340. The summed E-state index contributed by atoms with van der Waals surface area (Å²) in [5, 5.41) is 0. The summed E-state index contributed by atoms with van der Waals surface area (Å²) in [6.45, 7) is 0. The maximum absolute atomic E-state index is 5.22. The Hall–Kier alpha value is -9.00. The molecule has 0 N–H and O–H groups in total. The molecule has 11 aromatic rings. The minimum Gasteiger partial charge on any atom is -0.208 e. The standard InChI is InChI=1S/C60H40N6/c1-6-19-41(20-7-1)52-38-53(42-21-8-2-9-22-42)40-54(39-52)60-65-57(45-27-14-5-15-28-45)64-59(66-60)51-34-18-32-49(37-51)47-30-16-29-46(35-47)48-31-17-33-50(36-48)58-62-55(43-23-10-3-11-24-43)61-56(63-58)44-25-12-4-13-26-44/h1-40H.